The zero-order chi connectivity index (χ0) is 29.6. The van der Waals surface area contributed by atoms with E-state index in [0.717, 1.165) is 22.0 Å². The summed E-state index contributed by atoms with van der Waals surface area (Å²) in [7, 11) is -3.89. The van der Waals surface area contributed by atoms with E-state index in [2.05, 4.69) is 34.1 Å². The van der Waals surface area contributed by atoms with Gasteiger partial charge in [-0.15, -0.1) is 0 Å². The van der Waals surface area contributed by atoms with E-state index in [4.69, 9.17) is 4.74 Å². The van der Waals surface area contributed by atoms with E-state index in [1.54, 1.807) is 18.2 Å². The molecule has 214 valence electrons. The molecular formula is C31H33N3O6S. The number of carbonyl (C=O) groups excluding carboxylic acids is 3. The van der Waals surface area contributed by atoms with Crippen LogP contribution in [0.5, 0.6) is 0 Å². The number of fused-ring (bicyclic) bond motifs is 1. The van der Waals surface area contributed by atoms with Crippen molar-refractivity contribution >= 4 is 38.7 Å². The first-order valence-electron chi connectivity index (χ1n) is 13.2. The van der Waals surface area contributed by atoms with E-state index in [9.17, 15) is 22.8 Å². The van der Waals surface area contributed by atoms with Gasteiger partial charge < -0.3 is 14.6 Å². The maximum absolute atomic E-state index is 13.4. The van der Waals surface area contributed by atoms with Gasteiger partial charge in [0.2, 0.25) is 10.0 Å². The number of nitrogens with one attached hydrogen (secondary N) is 2. The molecule has 3 aromatic carbocycles. The number of amides is 2. The van der Waals surface area contributed by atoms with Crippen molar-refractivity contribution < 1.29 is 27.5 Å². The van der Waals surface area contributed by atoms with Crippen molar-refractivity contribution in [3.8, 4) is 0 Å². The molecule has 0 aliphatic heterocycles. The molecule has 0 aliphatic carbocycles. The van der Waals surface area contributed by atoms with Gasteiger partial charge in [-0.3, -0.25) is 14.4 Å². The highest BCUT2D eigenvalue weighted by molar-refractivity contribution is 7.90. The summed E-state index contributed by atoms with van der Waals surface area (Å²) in [5.41, 5.74) is 4.64. The number of sulfonamides is 1. The van der Waals surface area contributed by atoms with E-state index in [0.29, 0.717) is 12.1 Å². The summed E-state index contributed by atoms with van der Waals surface area (Å²) in [5.74, 6) is -1.84. The second-order valence-electron chi connectivity index (χ2n) is 9.93. The van der Waals surface area contributed by atoms with E-state index in [-0.39, 0.29) is 36.3 Å². The van der Waals surface area contributed by atoms with Crippen LogP contribution >= 0.6 is 0 Å². The highest BCUT2D eigenvalue weighted by Gasteiger charge is 2.19. The highest BCUT2D eigenvalue weighted by Crippen LogP contribution is 2.23. The summed E-state index contributed by atoms with van der Waals surface area (Å²) >= 11 is 0. The number of aryl methyl sites for hydroxylation is 1. The minimum absolute atomic E-state index is 0.0458. The Balaban J connectivity index is 1.41. The van der Waals surface area contributed by atoms with Crippen molar-refractivity contribution in [2.45, 2.75) is 39.8 Å². The van der Waals surface area contributed by atoms with Crippen LogP contribution in [-0.2, 0) is 26.1 Å². The average Bonchev–Trinajstić information content (AvgIpc) is 3.35. The predicted octanol–water partition coefficient (Wildman–Crippen LogP) is 4.50. The second kappa shape index (κ2) is 12.8. The summed E-state index contributed by atoms with van der Waals surface area (Å²) < 4.78 is 33.2. The first-order valence-corrected chi connectivity index (χ1v) is 14.9. The van der Waals surface area contributed by atoms with Gasteiger partial charge >= 0.3 is 5.97 Å². The van der Waals surface area contributed by atoms with Crippen LogP contribution < -0.4 is 10.0 Å². The third kappa shape index (κ3) is 7.82. The summed E-state index contributed by atoms with van der Waals surface area (Å²) in [4.78, 5) is 36.7. The number of hydrogen-bond acceptors (Lipinski definition) is 6. The number of esters is 1. The summed E-state index contributed by atoms with van der Waals surface area (Å²) in [5, 5.41) is 4.00. The van der Waals surface area contributed by atoms with Gasteiger partial charge in [0.05, 0.1) is 29.5 Å². The number of aromatic nitrogens is 1. The molecule has 9 nitrogen and oxygen atoms in total. The van der Waals surface area contributed by atoms with Gasteiger partial charge in [0, 0.05) is 30.6 Å². The Kier molecular flexibility index (Phi) is 9.24. The molecule has 10 heteroatoms. The third-order valence-electron chi connectivity index (χ3n) is 6.64. The van der Waals surface area contributed by atoms with Gasteiger partial charge in [0.1, 0.15) is 0 Å². The topological polar surface area (TPSA) is 124 Å². The van der Waals surface area contributed by atoms with Crippen molar-refractivity contribution in [1.82, 2.24) is 14.6 Å². The maximum Gasteiger partial charge on any atom is 0.302 e. The molecule has 0 saturated carbocycles. The molecule has 0 spiro atoms. The number of ether oxygens (including phenoxy) is 1. The van der Waals surface area contributed by atoms with Crippen molar-refractivity contribution in [2.75, 3.05) is 12.4 Å². The van der Waals surface area contributed by atoms with E-state index in [1.165, 1.54) is 24.6 Å². The van der Waals surface area contributed by atoms with Gasteiger partial charge in [0.25, 0.3) is 11.8 Å². The summed E-state index contributed by atoms with van der Waals surface area (Å²) in [6.45, 7) is 5.71. The van der Waals surface area contributed by atoms with Crippen LogP contribution in [-0.4, -0.2) is 43.1 Å². The molecule has 0 saturated heterocycles. The normalized spacial score (nSPS) is 12.1. The Hall–Kier alpha value is -4.44. The first-order chi connectivity index (χ1) is 19.5. The lowest BCUT2D eigenvalue weighted by molar-refractivity contribution is -0.140. The molecule has 0 bridgehead atoms. The molecule has 1 aromatic heterocycles. The Labute approximate surface area is 239 Å². The van der Waals surface area contributed by atoms with Crippen LogP contribution in [0.25, 0.3) is 10.9 Å². The summed E-state index contributed by atoms with van der Waals surface area (Å²) in [6.07, 6.45) is 2.05. The lowest BCUT2D eigenvalue weighted by Crippen LogP contribution is -2.33. The van der Waals surface area contributed by atoms with Gasteiger partial charge in [-0.05, 0) is 55.7 Å². The van der Waals surface area contributed by atoms with Crippen LogP contribution in [0.4, 0.5) is 0 Å². The van der Waals surface area contributed by atoms with Gasteiger partial charge in [-0.1, -0.05) is 54.1 Å². The van der Waals surface area contributed by atoms with Crippen LogP contribution in [0.3, 0.4) is 0 Å². The number of rotatable bonds is 11. The predicted molar refractivity (Wildman–Crippen MR) is 157 cm³/mol. The molecule has 41 heavy (non-hydrogen) atoms. The number of hydrogen-bond donors (Lipinski definition) is 2. The number of carbonyl (C=O) groups is 3. The van der Waals surface area contributed by atoms with Gasteiger partial charge in [-0.25, -0.2) is 13.1 Å². The monoisotopic (exact) mass is 575 g/mol. The Morgan fingerprint density at radius 3 is 2.32 bits per heavy atom. The van der Waals surface area contributed by atoms with Crippen LogP contribution in [0.15, 0.2) is 79.0 Å². The molecule has 2 amide bonds. The fourth-order valence-corrected chi connectivity index (χ4v) is 5.46. The van der Waals surface area contributed by atoms with E-state index in [1.807, 2.05) is 43.0 Å². The molecule has 4 aromatic rings. The molecule has 0 fully saturated rings. The fourth-order valence-electron chi connectivity index (χ4n) is 4.46. The van der Waals surface area contributed by atoms with E-state index >= 15 is 0 Å². The highest BCUT2D eigenvalue weighted by atomic mass is 32.2. The number of nitrogens with zero attached hydrogens (tertiary/aromatic N) is 1. The van der Waals surface area contributed by atoms with Gasteiger partial charge in [0.15, 0.2) is 0 Å². The molecule has 4 rings (SSSR count). The second-order valence-corrected chi connectivity index (χ2v) is 11.8. The zero-order valence-corrected chi connectivity index (χ0v) is 24.0. The molecule has 2 N–H and O–H groups in total. The minimum atomic E-state index is -3.89. The lowest BCUT2D eigenvalue weighted by atomic mass is 10.0. The Bertz CT molecular complexity index is 1660. The average molecular weight is 576 g/mol. The Morgan fingerprint density at radius 1 is 0.927 bits per heavy atom. The molecular weight excluding hydrogens is 542 g/mol. The van der Waals surface area contributed by atoms with Crippen molar-refractivity contribution in [3.05, 3.63) is 107 Å². The molecule has 1 atom stereocenters. The fraction of sp³-hybridized carbons (Fsp3) is 0.258. The SMILES string of the molecule is CC(=O)OCCCS(=O)(=O)NC(=O)c1ccc([C@H](C)NC(=O)c2cccc3ccn(Cc4ccc(C)cc4)c23)cc1. The molecule has 0 unspecified atom stereocenters. The number of para-hydroxylation sites is 1. The van der Waals surface area contributed by atoms with Gasteiger partial charge in [-0.2, -0.15) is 0 Å². The molecule has 0 aliphatic rings. The quantitative estimate of drug-likeness (QED) is 0.201. The largest absolute Gasteiger partial charge is 0.466 e. The summed E-state index contributed by atoms with van der Waals surface area (Å²) in [6, 6.07) is 21.9. The molecule has 1 heterocycles. The van der Waals surface area contributed by atoms with Crippen LogP contribution in [0, 0.1) is 6.92 Å². The third-order valence-corrected chi connectivity index (χ3v) is 7.96. The standard InChI is InChI=1S/C31H33N3O6S/c1-21-8-10-24(11-9-21)20-34-17-16-26-6-4-7-28(29(26)34)31(37)32-22(2)25-12-14-27(15-13-25)30(36)33-41(38,39)19-5-18-40-23(3)35/h4,6-17,22H,5,18-20H2,1-3H3,(H,32,37)(H,33,36)/t22-/m0/s1. The van der Waals surface area contributed by atoms with Crippen molar-refractivity contribution in [3.63, 3.8) is 0 Å². The van der Waals surface area contributed by atoms with Crippen LogP contribution in [0.2, 0.25) is 0 Å². The Morgan fingerprint density at radius 2 is 1.63 bits per heavy atom. The van der Waals surface area contributed by atoms with E-state index < -0.39 is 21.9 Å². The maximum atomic E-state index is 13.4. The number of benzene rings is 3. The first kappa shape index (κ1) is 29.5. The smallest absolute Gasteiger partial charge is 0.302 e. The minimum Gasteiger partial charge on any atom is -0.466 e. The zero-order valence-electron chi connectivity index (χ0n) is 23.2. The lowest BCUT2D eigenvalue weighted by Gasteiger charge is -2.16. The van der Waals surface area contributed by atoms with Crippen molar-refractivity contribution in [2.24, 2.45) is 0 Å². The molecule has 0 radical (unpaired) electrons. The van der Waals surface area contributed by atoms with Crippen molar-refractivity contribution in [1.29, 1.82) is 0 Å². The van der Waals surface area contributed by atoms with Crippen LogP contribution in [0.1, 0.15) is 63.7 Å².